The maximum atomic E-state index is 8.81. The minimum atomic E-state index is -1.10. The Hall–Kier alpha value is -2.76. The monoisotopic (exact) mass is 380 g/mol. The quantitative estimate of drug-likeness (QED) is 0.436. The Morgan fingerprint density at radius 2 is 2.15 bits per heavy atom. The second kappa shape index (κ2) is 7.86. The van der Waals surface area contributed by atoms with Crippen molar-refractivity contribution < 1.29 is 4.74 Å². The number of hydrogen-bond acceptors (Lipinski definition) is 5. The molecule has 0 radical (unpaired) electrons. The van der Waals surface area contributed by atoms with E-state index in [0.29, 0.717) is 12.4 Å². The zero-order valence-electron chi connectivity index (χ0n) is 16.0. The highest BCUT2D eigenvalue weighted by Crippen LogP contribution is 2.26. The van der Waals surface area contributed by atoms with Gasteiger partial charge >= 0.3 is 0 Å². The van der Waals surface area contributed by atoms with Crippen LogP contribution in [-0.2, 0) is 11.5 Å². The number of rotatable bonds is 8. The highest BCUT2D eigenvalue weighted by atomic mass is 28.3. The van der Waals surface area contributed by atoms with Gasteiger partial charge in [-0.25, -0.2) is 14.6 Å². The van der Waals surface area contributed by atoms with E-state index in [4.69, 9.17) is 10.00 Å². The van der Waals surface area contributed by atoms with Gasteiger partial charge in [-0.3, -0.25) is 0 Å². The predicted molar refractivity (Wildman–Crippen MR) is 108 cm³/mol. The molecule has 0 saturated carbocycles. The fourth-order valence-electron chi connectivity index (χ4n) is 2.67. The molecule has 0 atom stereocenters. The molecule has 0 aliphatic carbocycles. The normalized spacial score (nSPS) is 11.6. The summed E-state index contributed by atoms with van der Waals surface area (Å²) in [5.74, 6) is 0. The van der Waals surface area contributed by atoms with Crippen LogP contribution in [0.4, 0.5) is 0 Å². The Balaban J connectivity index is 1.80. The topological polar surface area (TPSA) is 81.5 Å². The summed E-state index contributed by atoms with van der Waals surface area (Å²) in [5, 5.41) is 14.0. The molecule has 0 saturated heterocycles. The molecule has 3 heterocycles. The summed E-state index contributed by atoms with van der Waals surface area (Å²) >= 11 is 0. The van der Waals surface area contributed by atoms with Crippen LogP contribution in [0.1, 0.15) is 6.42 Å². The SMILES string of the molecule is C=C(CC#N)n1cc(-c2ncnc3c2ccn3COCC[Si](C)(C)C)cn1. The summed E-state index contributed by atoms with van der Waals surface area (Å²) in [6.07, 6.45) is 7.31. The van der Waals surface area contributed by atoms with Crippen molar-refractivity contribution in [1.29, 1.82) is 5.26 Å². The summed E-state index contributed by atoms with van der Waals surface area (Å²) in [5.41, 5.74) is 3.12. The second-order valence-corrected chi connectivity index (χ2v) is 13.3. The third-order valence-electron chi connectivity index (χ3n) is 4.25. The van der Waals surface area contributed by atoms with Crippen LogP contribution in [0.3, 0.4) is 0 Å². The molecule has 3 rings (SSSR count). The number of aromatic nitrogens is 5. The van der Waals surface area contributed by atoms with Crippen LogP contribution in [0, 0.1) is 11.3 Å². The molecule has 8 heteroatoms. The van der Waals surface area contributed by atoms with Crippen LogP contribution < -0.4 is 0 Å². The van der Waals surface area contributed by atoms with E-state index in [0.717, 1.165) is 34.9 Å². The van der Waals surface area contributed by atoms with Gasteiger partial charge in [0.15, 0.2) is 0 Å². The van der Waals surface area contributed by atoms with Gasteiger partial charge in [-0.1, -0.05) is 26.2 Å². The van der Waals surface area contributed by atoms with Gasteiger partial charge < -0.3 is 9.30 Å². The second-order valence-electron chi connectivity index (χ2n) is 7.67. The Bertz CT molecular complexity index is 992. The van der Waals surface area contributed by atoms with E-state index in [-0.39, 0.29) is 6.42 Å². The van der Waals surface area contributed by atoms with Gasteiger partial charge in [0.2, 0.25) is 0 Å². The summed E-state index contributed by atoms with van der Waals surface area (Å²) in [6, 6.07) is 5.21. The minimum Gasteiger partial charge on any atom is -0.361 e. The molecule has 0 aromatic carbocycles. The Morgan fingerprint density at radius 1 is 1.33 bits per heavy atom. The van der Waals surface area contributed by atoms with Crippen molar-refractivity contribution in [1.82, 2.24) is 24.3 Å². The molecule has 27 heavy (non-hydrogen) atoms. The highest BCUT2D eigenvalue weighted by molar-refractivity contribution is 6.76. The van der Waals surface area contributed by atoms with Crippen LogP contribution in [0.5, 0.6) is 0 Å². The molecule has 0 spiro atoms. The van der Waals surface area contributed by atoms with Gasteiger partial charge in [-0.2, -0.15) is 10.4 Å². The van der Waals surface area contributed by atoms with Gasteiger partial charge in [0.1, 0.15) is 18.7 Å². The van der Waals surface area contributed by atoms with Crippen molar-refractivity contribution in [3.63, 3.8) is 0 Å². The van der Waals surface area contributed by atoms with Crippen molar-refractivity contribution in [2.45, 2.75) is 38.8 Å². The lowest BCUT2D eigenvalue weighted by atomic mass is 10.2. The van der Waals surface area contributed by atoms with E-state index in [1.54, 1.807) is 17.2 Å². The molecular formula is C19H24N6OSi. The minimum absolute atomic E-state index is 0.228. The first-order valence-corrected chi connectivity index (χ1v) is 12.6. The van der Waals surface area contributed by atoms with Crippen molar-refractivity contribution >= 4 is 24.8 Å². The van der Waals surface area contributed by atoms with Crippen molar-refractivity contribution in [3.8, 4) is 17.3 Å². The first-order valence-electron chi connectivity index (χ1n) is 8.87. The third kappa shape index (κ3) is 4.50. The highest BCUT2D eigenvalue weighted by Gasteiger charge is 2.14. The lowest BCUT2D eigenvalue weighted by molar-refractivity contribution is 0.0899. The first kappa shape index (κ1) is 19.0. The zero-order chi connectivity index (χ0) is 19.4. The first-order chi connectivity index (χ1) is 12.9. The summed E-state index contributed by atoms with van der Waals surface area (Å²) in [7, 11) is -1.10. The lowest BCUT2D eigenvalue weighted by Gasteiger charge is -2.15. The summed E-state index contributed by atoms with van der Waals surface area (Å²) < 4.78 is 9.45. The van der Waals surface area contributed by atoms with Crippen molar-refractivity contribution in [3.05, 3.63) is 37.6 Å². The fraction of sp³-hybridized carbons (Fsp3) is 0.368. The van der Waals surface area contributed by atoms with E-state index in [1.165, 1.54) is 0 Å². The molecule has 7 nitrogen and oxygen atoms in total. The summed E-state index contributed by atoms with van der Waals surface area (Å²) in [6.45, 7) is 12.1. The number of nitriles is 1. The number of nitrogens with zero attached hydrogens (tertiary/aromatic N) is 6. The lowest BCUT2D eigenvalue weighted by Crippen LogP contribution is -2.22. The van der Waals surface area contributed by atoms with E-state index in [2.05, 4.69) is 47.4 Å². The van der Waals surface area contributed by atoms with E-state index in [1.807, 2.05) is 23.0 Å². The third-order valence-corrected chi connectivity index (χ3v) is 5.95. The average Bonchev–Trinajstić information content (AvgIpc) is 3.25. The van der Waals surface area contributed by atoms with Crippen LogP contribution in [0.2, 0.25) is 25.7 Å². The van der Waals surface area contributed by atoms with Gasteiger partial charge in [-0.05, 0) is 12.1 Å². The van der Waals surface area contributed by atoms with Crippen molar-refractivity contribution in [2.24, 2.45) is 0 Å². The van der Waals surface area contributed by atoms with E-state index in [9.17, 15) is 0 Å². The molecule has 0 amide bonds. The molecule has 0 aliphatic rings. The largest absolute Gasteiger partial charge is 0.361 e. The molecule has 0 N–H and O–H groups in total. The molecule has 3 aromatic rings. The Labute approximate surface area is 159 Å². The van der Waals surface area contributed by atoms with E-state index >= 15 is 0 Å². The van der Waals surface area contributed by atoms with E-state index < -0.39 is 8.07 Å². The Morgan fingerprint density at radius 3 is 2.89 bits per heavy atom. The molecule has 140 valence electrons. The smallest absolute Gasteiger partial charge is 0.145 e. The van der Waals surface area contributed by atoms with Crippen LogP contribution in [-0.4, -0.2) is 39.0 Å². The summed E-state index contributed by atoms with van der Waals surface area (Å²) in [4.78, 5) is 8.85. The van der Waals surface area contributed by atoms with Crippen LogP contribution in [0.15, 0.2) is 37.6 Å². The van der Waals surface area contributed by atoms with Gasteiger partial charge in [-0.15, -0.1) is 0 Å². The van der Waals surface area contributed by atoms with Crippen LogP contribution in [0.25, 0.3) is 28.0 Å². The number of ether oxygens (including phenoxy) is 1. The Kier molecular flexibility index (Phi) is 5.53. The molecule has 0 bridgehead atoms. The van der Waals surface area contributed by atoms with Gasteiger partial charge in [0, 0.05) is 43.7 Å². The average molecular weight is 381 g/mol. The zero-order valence-corrected chi connectivity index (χ0v) is 17.0. The molecular weight excluding hydrogens is 356 g/mol. The van der Waals surface area contributed by atoms with Crippen molar-refractivity contribution in [2.75, 3.05) is 6.61 Å². The standard InChI is InChI=1S/C19H24N6OSi/c1-15(5-7-20)25-12-16(11-23-25)18-17-6-8-24(19(17)22-13-21-18)14-26-9-10-27(2,3)4/h6,8,11-13H,1,5,9-10,14H2,2-4H3. The van der Waals surface area contributed by atoms with Crippen LogP contribution >= 0.6 is 0 Å². The number of fused-ring (bicyclic) bond motifs is 1. The molecule has 0 aliphatic heterocycles. The molecule has 0 fully saturated rings. The van der Waals surface area contributed by atoms with Gasteiger partial charge in [0.05, 0.1) is 24.4 Å². The maximum absolute atomic E-state index is 8.81. The number of allylic oxidation sites excluding steroid dienone is 1. The number of hydrogen-bond donors (Lipinski definition) is 0. The predicted octanol–water partition coefficient (Wildman–Crippen LogP) is 3.99. The van der Waals surface area contributed by atoms with Gasteiger partial charge in [0.25, 0.3) is 0 Å². The fourth-order valence-corrected chi connectivity index (χ4v) is 3.43. The maximum Gasteiger partial charge on any atom is 0.145 e. The molecule has 3 aromatic heterocycles. The molecule has 0 unspecified atom stereocenters.